The second-order valence-corrected chi connectivity index (χ2v) is 8.10. The summed E-state index contributed by atoms with van der Waals surface area (Å²) in [5.41, 5.74) is 7.34. The van der Waals surface area contributed by atoms with Gasteiger partial charge in [-0.2, -0.15) is 0 Å². The number of aryl methyl sites for hydroxylation is 2. The number of piperidine rings is 3. The van der Waals surface area contributed by atoms with Gasteiger partial charge in [-0.05, 0) is 93.3 Å². The zero-order chi connectivity index (χ0) is 16.7. The number of hydrogen-bond donors (Lipinski definition) is 1. The Kier molecular flexibility index (Phi) is 4.04. The van der Waals surface area contributed by atoms with E-state index in [1.54, 1.807) is 0 Å². The highest BCUT2D eigenvalue weighted by molar-refractivity contribution is 5.95. The highest BCUT2D eigenvalue weighted by atomic mass is 15.1. The number of fused-ring (bicyclic) bond motifs is 4. The lowest BCUT2D eigenvalue weighted by atomic mass is 9.68. The van der Waals surface area contributed by atoms with Crippen molar-refractivity contribution in [3.8, 4) is 0 Å². The Labute approximate surface area is 145 Å². The lowest BCUT2D eigenvalue weighted by Crippen LogP contribution is -2.48. The SMILES string of the molecule is C=C(CCC12CCN(CC1)CC2)c1c[nH]c2cc(C)cc(CC)c12. The van der Waals surface area contributed by atoms with Crippen LogP contribution >= 0.6 is 0 Å². The van der Waals surface area contributed by atoms with Gasteiger partial charge in [0.15, 0.2) is 0 Å². The average molecular weight is 322 g/mol. The zero-order valence-electron chi connectivity index (χ0n) is 15.3. The van der Waals surface area contributed by atoms with E-state index in [-0.39, 0.29) is 0 Å². The number of rotatable bonds is 5. The first-order chi connectivity index (χ1) is 11.6. The van der Waals surface area contributed by atoms with E-state index >= 15 is 0 Å². The summed E-state index contributed by atoms with van der Waals surface area (Å²) >= 11 is 0. The summed E-state index contributed by atoms with van der Waals surface area (Å²) in [6.45, 7) is 12.9. The molecule has 2 heteroatoms. The molecule has 24 heavy (non-hydrogen) atoms. The Bertz CT molecular complexity index is 746. The molecule has 0 unspecified atom stereocenters. The van der Waals surface area contributed by atoms with Crippen LogP contribution in [0.25, 0.3) is 16.5 Å². The van der Waals surface area contributed by atoms with Crippen molar-refractivity contribution < 1.29 is 0 Å². The largest absolute Gasteiger partial charge is 0.361 e. The van der Waals surface area contributed by atoms with E-state index in [0.29, 0.717) is 5.41 Å². The van der Waals surface area contributed by atoms with Crippen LogP contribution in [0.2, 0.25) is 0 Å². The quantitative estimate of drug-likeness (QED) is 0.789. The van der Waals surface area contributed by atoms with Crippen LogP contribution in [0.1, 0.15) is 55.7 Å². The van der Waals surface area contributed by atoms with E-state index in [2.05, 4.69) is 48.6 Å². The standard InChI is InChI=1S/C22H30N2/c1-4-18-13-16(2)14-20-21(18)19(15-23-20)17(3)5-6-22-7-10-24(11-8-22)12-9-22/h13-15,23H,3-12H2,1-2H3. The van der Waals surface area contributed by atoms with Gasteiger partial charge in [0.05, 0.1) is 0 Å². The number of nitrogens with one attached hydrogen (secondary N) is 1. The molecule has 0 saturated carbocycles. The number of benzene rings is 1. The molecule has 3 aliphatic rings. The van der Waals surface area contributed by atoms with E-state index in [0.717, 1.165) is 12.8 Å². The van der Waals surface area contributed by atoms with Gasteiger partial charge in [0.2, 0.25) is 0 Å². The second kappa shape index (κ2) is 6.07. The Morgan fingerprint density at radius 2 is 1.92 bits per heavy atom. The molecule has 1 aromatic heterocycles. The normalized spacial score (nSPS) is 26.2. The Balaban J connectivity index is 1.55. The van der Waals surface area contributed by atoms with Gasteiger partial charge in [-0.3, -0.25) is 0 Å². The van der Waals surface area contributed by atoms with Gasteiger partial charge in [0.1, 0.15) is 0 Å². The van der Waals surface area contributed by atoms with Crippen molar-refractivity contribution in [2.75, 3.05) is 19.6 Å². The molecular formula is C22H30N2. The van der Waals surface area contributed by atoms with Crippen molar-refractivity contribution in [3.63, 3.8) is 0 Å². The molecule has 5 rings (SSSR count). The van der Waals surface area contributed by atoms with Gasteiger partial charge >= 0.3 is 0 Å². The highest BCUT2D eigenvalue weighted by Crippen LogP contribution is 2.45. The maximum absolute atomic E-state index is 4.48. The lowest BCUT2D eigenvalue weighted by Gasteiger charge is -2.48. The summed E-state index contributed by atoms with van der Waals surface area (Å²) in [7, 11) is 0. The summed E-state index contributed by atoms with van der Waals surface area (Å²) in [6.07, 6.45) is 9.92. The van der Waals surface area contributed by atoms with Gasteiger partial charge in [-0.25, -0.2) is 0 Å². The molecule has 2 bridgehead atoms. The zero-order valence-corrected chi connectivity index (χ0v) is 15.3. The van der Waals surface area contributed by atoms with Crippen molar-refractivity contribution in [2.24, 2.45) is 5.41 Å². The predicted molar refractivity (Wildman–Crippen MR) is 103 cm³/mol. The monoisotopic (exact) mass is 322 g/mol. The molecule has 2 aromatic rings. The van der Waals surface area contributed by atoms with E-state index in [1.165, 1.54) is 78.5 Å². The van der Waals surface area contributed by atoms with Gasteiger partial charge in [-0.1, -0.05) is 19.6 Å². The van der Waals surface area contributed by atoms with Crippen molar-refractivity contribution >= 4 is 16.5 Å². The number of allylic oxidation sites excluding steroid dienone is 1. The fourth-order valence-electron chi connectivity index (χ4n) is 4.90. The summed E-state index contributed by atoms with van der Waals surface area (Å²) in [5, 5.41) is 1.41. The third-order valence-corrected chi connectivity index (χ3v) is 6.60. The molecule has 4 heterocycles. The summed E-state index contributed by atoms with van der Waals surface area (Å²) < 4.78 is 0. The molecule has 3 saturated heterocycles. The van der Waals surface area contributed by atoms with Crippen LogP contribution in [0.3, 0.4) is 0 Å². The highest BCUT2D eigenvalue weighted by Gasteiger charge is 2.38. The molecule has 128 valence electrons. The summed E-state index contributed by atoms with van der Waals surface area (Å²) in [6, 6.07) is 4.60. The van der Waals surface area contributed by atoms with Gasteiger partial charge in [-0.15, -0.1) is 0 Å². The fourth-order valence-corrected chi connectivity index (χ4v) is 4.90. The lowest BCUT2D eigenvalue weighted by molar-refractivity contribution is 0.0211. The third-order valence-electron chi connectivity index (χ3n) is 6.60. The van der Waals surface area contributed by atoms with Gasteiger partial charge in [0.25, 0.3) is 0 Å². The maximum Gasteiger partial charge on any atom is 0.0465 e. The smallest absolute Gasteiger partial charge is 0.0465 e. The molecule has 0 radical (unpaired) electrons. The molecular weight excluding hydrogens is 292 g/mol. The molecule has 3 aliphatic heterocycles. The second-order valence-electron chi connectivity index (χ2n) is 8.10. The molecule has 0 amide bonds. The van der Waals surface area contributed by atoms with Crippen LogP contribution in [0, 0.1) is 12.3 Å². The molecule has 1 N–H and O–H groups in total. The van der Waals surface area contributed by atoms with Crippen molar-refractivity contribution in [1.29, 1.82) is 0 Å². The minimum absolute atomic E-state index is 0.605. The van der Waals surface area contributed by atoms with Crippen LogP contribution in [-0.4, -0.2) is 29.5 Å². The van der Waals surface area contributed by atoms with Crippen LogP contribution in [0.15, 0.2) is 24.9 Å². The van der Waals surface area contributed by atoms with Crippen molar-refractivity contribution in [3.05, 3.63) is 41.6 Å². The first-order valence-corrected chi connectivity index (χ1v) is 9.61. The van der Waals surface area contributed by atoms with E-state index in [9.17, 15) is 0 Å². The minimum atomic E-state index is 0.605. The van der Waals surface area contributed by atoms with Crippen LogP contribution < -0.4 is 0 Å². The first-order valence-electron chi connectivity index (χ1n) is 9.61. The van der Waals surface area contributed by atoms with E-state index < -0.39 is 0 Å². The van der Waals surface area contributed by atoms with Crippen molar-refractivity contribution in [1.82, 2.24) is 9.88 Å². The minimum Gasteiger partial charge on any atom is -0.361 e. The molecule has 0 spiro atoms. The summed E-state index contributed by atoms with van der Waals surface area (Å²) in [5.74, 6) is 0. The average Bonchev–Trinajstić information content (AvgIpc) is 3.04. The molecule has 3 fully saturated rings. The van der Waals surface area contributed by atoms with E-state index in [1.807, 2.05) is 0 Å². The molecule has 0 atom stereocenters. The number of hydrogen-bond acceptors (Lipinski definition) is 1. The first kappa shape index (κ1) is 16.0. The van der Waals surface area contributed by atoms with Crippen LogP contribution in [0.5, 0.6) is 0 Å². The predicted octanol–water partition coefficient (Wildman–Crippen LogP) is 5.32. The fraction of sp³-hybridized carbons (Fsp3) is 0.545. The maximum atomic E-state index is 4.48. The number of aromatic amines is 1. The number of H-pyrrole nitrogens is 1. The van der Waals surface area contributed by atoms with E-state index in [4.69, 9.17) is 0 Å². The topological polar surface area (TPSA) is 19.0 Å². The molecule has 0 aliphatic carbocycles. The third kappa shape index (κ3) is 2.71. The molecule has 2 nitrogen and oxygen atoms in total. The number of nitrogens with zero attached hydrogens (tertiary/aromatic N) is 1. The van der Waals surface area contributed by atoms with Crippen molar-refractivity contribution in [2.45, 2.75) is 52.4 Å². The Morgan fingerprint density at radius 1 is 1.21 bits per heavy atom. The Morgan fingerprint density at radius 3 is 2.58 bits per heavy atom. The van der Waals surface area contributed by atoms with Gasteiger partial charge < -0.3 is 9.88 Å². The summed E-state index contributed by atoms with van der Waals surface area (Å²) in [4.78, 5) is 6.12. The number of aromatic nitrogens is 1. The van der Waals surface area contributed by atoms with Crippen LogP contribution in [-0.2, 0) is 6.42 Å². The Hall–Kier alpha value is -1.54. The van der Waals surface area contributed by atoms with Crippen LogP contribution in [0.4, 0.5) is 0 Å². The van der Waals surface area contributed by atoms with Gasteiger partial charge in [0, 0.05) is 22.7 Å². The molecule has 1 aromatic carbocycles.